The van der Waals surface area contributed by atoms with Gasteiger partial charge in [-0.15, -0.1) is 0 Å². The van der Waals surface area contributed by atoms with Crippen LogP contribution in [-0.2, 0) is 30.3 Å². The lowest BCUT2D eigenvalue weighted by molar-refractivity contribution is -0.145. The highest BCUT2D eigenvalue weighted by atomic mass is 16.5. The summed E-state index contributed by atoms with van der Waals surface area (Å²) in [4.78, 5) is 43.9. The monoisotopic (exact) mass is 734 g/mol. The Morgan fingerprint density at radius 2 is 1.60 bits per heavy atom. The van der Waals surface area contributed by atoms with Gasteiger partial charge < -0.3 is 35.2 Å². The van der Waals surface area contributed by atoms with Crippen LogP contribution in [-0.4, -0.2) is 127 Å². The molecule has 0 radical (unpaired) electrons. The molecule has 1 aliphatic rings. The number of nitrogens with zero attached hydrogens (tertiary/aromatic N) is 2. The zero-order valence-electron chi connectivity index (χ0n) is 34.0. The van der Waals surface area contributed by atoms with Crippen LogP contribution in [0.5, 0.6) is 0 Å². The van der Waals surface area contributed by atoms with E-state index in [1.807, 2.05) is 42.3 Å². The molecule has 12 heteroatoms. The largest absolute Gasteiger partial charge is 0.480 e. The topological polar surface area (TPSA) is 153 Å². The number of rotatable bonds is 23. The van der Waals surface area contributed by atoms with Gasteiger partial charge in [-0.3, -0.25) is 19.8 Å². The van der Waals surface area contributed by atoms with Gasteiger partial charge in [0.1, 0.15) is 12.3 Å². The number of carboxylic acids is 1. The minimum Gasteiger partial charge on any atom is -0.480 e. The summed E-state index contributed by atoms with van der Waals surface area (Å²) >= 11 is 0. The summed E-state index contributed by atoms with van der Waals surface area (Å²) in [5.41, 5.74) is 0.810. The number of nitrogens with one attached hydrogen (secondary N) is 3. The van der Waals surface area contributed by atoms with Gasteiger partial charge >= 0.3 is 5.97 Å². The van der Waals surface area contributed by atoms with Crippen molar-refractivity contribution in [1.82, 2.24) is 25.8 Å². The summed E-state index contributed by atoms with van der Waals surface area (Å²) in [6, 6.07) is 7.51. The maximum Gasteiger partial charge on any atom is 0.326 e. The number of methoxy groups -OCH3 is 2. The highest BCUT2D eigenvalue weighted by Gasteiger charge is 2.43. The SMILES string of the molecule is CC[C@H](C)C([C@@H](CC(=O)N1CCC[C@H]1C(OC)[C@@H](C)C(=O)N[C@H](Cc1ccccc1)C(=O)O)OC)N(C)C(C)[C@H](NC(O)[C@@H](NC)C(C)C)C(C)C. The van der Waals surface area contributed by atoms with Gasteiger partial charge in [0.25, 0.3) is 0 Å². The highest BCUT2D eigenvalue weighted by Crippen LogP contribution is 2.30. The smallest absolute Gasteiger partial charge is 0.326 e. The van der Waals surface area contributed by atoms with E-state index in [0.29, 0.717) is 13.0 Å². The molecule has 1 aliphatic heterocycles. The van der Waals surface area contributed by atoms with Crippen molar-refractivity contribution in [3.05, 3.63) is 35.9 Å². The van der Waals surface area contributed by atoms with Crippen LogP contribution in [0.15, 0.2) is 30.3 Å². The molecule has 1 heterocycles. The van der Waals surface area contributed by atoms with Crippen molar-refractivity contribution in [3.8, 4) is 0 Å². The molecular formula is C40H71N5O7. The Labute approximate surface area is 313 Å². The third-order valence-electron chi connectivity index (χ3n) is 11.5. The summed E-state index contributed by atoms with van der Waals surface area (Å²) in [6.45, 7) is 17.3. The molecule has 0 aliphatic carbocycles. The summed E-state index contributed by atoms with van der Waals surface area (Å²) in [5.74, 6) is -1.65. The van der Waals surface area contributed by atoms with E-state index in [0.717, 1.165) is 18.4 Å². The van der Waals surface area contributed by atoms with Crippen molar-refractivity contribution in [1.29, 1.82) is 0 Å². The summed E-state index contributed by atoms with van der Waals surface area (Å²) in [5, 5.41) is 30.5. The number of aliphatic hydroxyl groups is 1. The van der Waals surface area contributed by atoms with Crippen molar-refractivity contribution < 1.29 is 34.1 Å². The van der Waals surface area contributed by atoms with Gasteiger partial charge in [0.15, 0.2) is 0 Å². The van der Waals surface area contributed by atoms with Gasteiger partial charge in [-0.25, -0.2) is 4.79 Å². The van der Waals surface area contributed by atoms with Crippen molar-refractivity contribution in [3.63, 3.8) is 0 Å². The zero-order valence-corrected chi connectivity index (χ0v) is 34.0. The predicted octanol–water partition coefficient (Wildman–Crippen LogP) is 3.76. The van der Waals surface area contributed by atoms with Crippen molar-refractivity contribution in [2.75, 3.05) is 34.9 Å². The second-order valence-corrected chi connectivity index (χ2v) is 15.6. The van der Waals surface area contributed by atoms with Crippen LogP contribution in [0, 0.1) is 23.7 Å². The number of carboxylic acid groups (broad SMARTS) is 1. The van der Waals surface area contributed by atoms with Crippen LogP contribution in [0.3, 0.4) is 0 Å². The average molecular weight is 734 g/mol. The first kappa shape index (κ1) is 45.5. The number of benzene rings is 1. The number of carbonyl (C=O) groups is 3. The number of aliphatic carboxylic acids is 1. The predicted molar refractivity (Wildman–Crippen MR) is 206 cm³/mol. The number of ether oxygens (including phenoxy) is 2. The molecule has 0 saturated carbocycles. The normalized spacial score (nSPS) is 20.9. The van der Waals surface area contributed by atoms with Crippen LogP contribution in [0.2, 0.25) is 0 Å². The van der Waals surface area contributed by atoms with Crippen molar-refractivity contribution >= 4 is 17.8 Å². The number of aliphatic hydroxyl groups excluding tert-OH is 1. The van der Waals surface area contributed by atoms with E-state index in [1.165, 1.54) is 7.11 Å². The summed E-state index contributed by atoms with van der Waals surface area (Å²) in [6.07, 6.45) is 0.880. The summed E-state index contributed by atoms with van der Waals surface area (Å²) < 4.78 is 12.1. The molecule has 2 amide bonds. The van der Waals surface area contributed by atoms with E-state index in [2.05, 4.69) is 76.4 Å². The number of hydrogen-bond acceptors (Lipinski definition) is 9. The first-order valence-corrected chi connectivity index (χ1v) is 19.3. The molecule has 1 aromatic carbocycles. The standard InChI is InChI=1S/C40H71N5O7/c1-13-26(6)36(44(10)28(8)34(24(2)3)43-39(48)35(41-9)25(4)5)32(51-11)23-33(46)45-21-17-20-31(45)37(52-12)27(7)38(47)42-30(40(49)50)22-29-18-15-14-16-19-29/h14-16,18-19,24-28,30-32,34-37,39,41,43,48H,13,17,20-23H2,1-12H3,(H,42,47)(H,49,50)/t26-,27+,28?,30+,31-,32+,34+,35-,36?,37?,39?/m0/s1. The summed E-state index contributed by atoms with van der Waals surface area (Å²) in [7, 11) is 7.15. The first-order chi connectivity index (χ1) is 24.5. The fourth-order valence-corrected chi connectivity index (χ4v) is 8.12. The maximum atomic E-state index is 14.2. The Kier molecular flexibility index (Phi) is 19.2. The highest BCUT2D eigenvalue weighted by molar-refractivity contribution is 5.85. The van der Waals surface area contributed by atoms with E-state index in [-0.39, 0.29) is 66.7 Å². The maximum absolute atomic E-state index is 14.2. The third-order valence-corrected chi connectivity index (χ3v) is 11.5. The van der Waals surface area contributed by atoms with Gasteiger partial charge in [0.2, 0.25) is 11.8 Å². The second kappa shape index (κ2) is 21.9. The van der Waals surface area contributed by atoms with Gasteiger partial charge in [0.05, 0.1) is 30.6 Å². The number of likely N-dealkylation sites (N-methyl/N-ethyl adjacent to an activating group) is 2. The minimum absolute atomic E-state index is 0.000594. The van der Waals surface area contributed by atoms with E-state index in [1.54, 1.807) is 14.0 Å². The molecule has 298 valence electrons. The first-order valence-electron chi connectivity index (χ1n) is 19.3. The fraction of sp³-hybridized carbons (Fsp3) is 0.775. The van der Waals surface area contributed by atoms with Crippen LogP contribution >= 0.6 is 0 Å². The molecule has 11 atom stereocenters. The molecular weight excluding hydrogens is 662 g/mol. The lowest BCUT2D eigenvalue weighted by Gasteiger charge is -2.45. The number of carbonyl (C=O) groups excluding carboxylic acids is 2. The lowest BCUT2D eigenvalue weighted by Crippen LogP contribution is -2.62. The minimum atomic E-state index is -1.11. The molecule has 0 bridgehead atoms. The third kappa shape index (κ3) is 12.2. The van der Waals surface area contributed by atoms with Crippen LogP contribution in [0.1, 0.15) is 86.6 Å². The number of likely N-dealkylation sites (tertiary alicyclic amines) is 1. The van der Waals surface area contributed by atoms with E-state index >= 15 is 0 Å². The Balaban J connectivity index is 2.25. The molecule has 1 fully saturated rings. The molecule has 5 N–H and O–H groups in total. The van der Waals surface area contributed by atoms with Crippen LogP contribution in [0.25, 0.3) is 0 Å². The van der Waals surface area contributed by atoms with Gasteiger partial charge in [-0.05, 0) is 57.2 Å². The number of amides is 2. The van der Waals surface area contributed by atoms with Crippen LogP contribution < -0.4 is 16.0 Å². The Morgan fingerprint density at radius 3 is 2.10 bits per heavy atom. The van der Waals surface area contributed by atoms with Crippen molar-refractivity contribution in [2.24, 2.45) is 23.7 Å². The second-order valence-electron chi connectivity index (χ2n) is 15.6. The molecule has 0 aromatic heterocycles. The molecule has 0 spiro atoms. The lowest BCUT2D eigenvalue weighted by atomic mass is 9.87. The Morgan fingerprint density at radius 1 is 0.981 bits per heavy atom. The van der Waals surface area contributed by atoms with E-state index < -0.39 is 42.3 Å². The van der Waals surface area contributed by atoms with E-state index in [9.17, 15) is 24.6 Å². The average Bonchev–Trinajstić information content (AvgIpc) is 3.59. The van der Waals surface area contributed by atoms with Gasteiger partial charge in [-0.2, -0.15) is 0 Å². The Hall–Kier alpha value is -2.61. The molecule has 12 nitrogen and oxygen atoms in total. The molecule has 2 rings (SSSR count). The van der Waals surface area contributed by atoms with Gasteiger partial charge in [-0.1, -0.05) is 85.2 Å². The van der Waals surface area contributed by atoms with E-state index in [4.69, 9.17) is 9.47 Å². The van der Waals surface area contributed by atoms with Crippen molar-refractivity contribution in [2.45, 2.75) is 142 Å². The molecule has 1 aromatic rings. The fourth-order valence-electron chi connectivity index (χ4n) is 8.12. The van der Waals surface area contributed by atoms with Crippen LogP contribution in [0.4, 0.5) is 0 Å². The van der Waals surface area contributed by atoms with Gasteiger partial charge in [0, 0.05) is 51.4 Å². The number of hydrogen-bond donors (Lipinski definition) is 5. The zero-order chi connectivity index (χ0) is 39.3. The quantitative estimate of drug-likeness (QED) is 0.105. The molecule has 52 heavy (non-hydrogen) atoms. The Bertz CT molecular complexity index is 1220. The molecule has 4 unspecified atom stereocenters. The molecule has 1 saturated heterocycles.